The van der Waals surface area contributed by atoms with Gasteiger partial charge in [0, 0.05) is 36.5 Å². The number of fused-ring (bicyclic) bond motifs is 2. The average molecular weight is 339 g/mol. The van der Waals surface area contributed by atoms with Gasteiger partial charge in [0.25, 0.3) is 0 Å². The molecule has 1 fully saturated rings. The number of anilines is 1. The van der Waals surface area contributed by atoms with Gasteiger partial charge < -0.3 is 15.3 Å². The molecule has 2 N–H and O–H groups in total. The molecule has 2 aromatic rings. The van der Waals surface area contributed by atoms with Crippen LogP contribution in [0.5, 0.6) is 0 Å². The molecule has 2 aliphatic rings. The molecule has 4 heteroatoms. The molecule has 4 rings (SSSR count). The van der Waals surface area contributed by atoms with E-state index in [0.29, 0.717) is 12.5 Å². The van der Waals surface area contributed by atoms with E-state index in [-0.39, 0.29) is 0 Å². The number of aliphatic hydroxyl groups excluding tert-OH is 1. The molecule has 134 valence electrons. The van der Waals surface area contributed by atoms with Gasteiger partial charge in [-0.3, -0.25) is 4.98 Å². The third-order valence-corrected chi connectivity index (χ3v) is 5.86. The Morgan fingerprint density at radius 3 is 2.76 bits per heavy atom. The second-order valence-electron chi connectivity index (χ2n) is 7.53. The van der Waals surface area contributed by atoms with Crippen LogP contribution in [0.15, 0.2) is 24.3 Å². The minimum absolute atomic E-state index is 0.348. The predicted octanol–water partition coefficient (Wildman–Crippen LogP) is 3.23. The Hall–Kier alpha value is -1.65. The number of para-hydroxylation sites is 1. The predicted molar refractivity (Wildman–Crippen MR) is 103 cm³/mol. The molecule has 25 heavy (non-hydrogen) atoms. The van der Waals surface area contributed by atoms with Gasteiger partial charge in [0.1, 0.15) is 0 Å². The number of hydrogen-bond donors (Lipinski definition) is 2. The molecule has 0 amide bonds. The van der Waals surface area contributed by atoms with E-state index in [1.807, 2.05) is 0 Å². The van der Waals surface area contributed by atoms with E-state index in [4.69, 9.17) is 4.98 Å². The van der Waals surface area contributed by atoms with Crippen LogP contribution in [0.3, 0.4) is 0 Å². The molecular weight excluding hydrogens is 310 g/mol. The first kappa shape index (κ1) is 16.8. The van der Waals surface area contributed by atoms with Crippen LogP contribution < -0.4 is 5.32 Å². The van der Waals surface area contributed by atoms with Crippen molar-refractivity contribution < 1.29 is 5.11 Å². The lowest BCUT2D eigenvalue weighted by molar-refractivity contribution is 0.134. The Morgan fingerprint density at radius 1 is 1.12 bits per heavy atom. The van der Waals surface area contributed by atoms with Crippen molar-refractivity contribution in [2.24, 2.45) is 5.92 Å². The molecule has 0 unspecified atom stereocenters. The first-order chi connectivity index (χ1) is 12.3. The van der Waals surface area contributed by atoms with E-state index in [2.05, 4.69) is 34.5 Å². The van der Waals surface area contributed by atoms with Gasteiger partial charge in [0.05, 0.1) is 5.52 Å². The Labute approximate surface area is 150 Å². The highest BCUT2D eigenvalue weighted by molar-refractivity contribution is 5.93. The molecule has 1 aliphatic carbocycles. The van der Waals surface area contributed by atoms with Crippen molar-refractivity contribution in [2.75, 3.05) is 38.1 Å². The maximum atomic E-state index is 9.28. The number of benzene rings is 1. The van der Waals surface area contributed by atoms with E-state index >= 15 is 0 Å². The van der Waals surface area contributed by atoms with Crippen molar-refractivity contribution in [1.82, 2.24) is 9.88 Å². The number of nitrogens with zero attached hydrogens (tertiary/aromatic N) is 2. The zero-order valence-electron chi connectivity index (χ0n) is 15.0. The minimum Gasteiger partial charge on any atom is -0.396 e. The largest absolute Gasteiger partial charge is 0.396 e. The Kier molecular flexibility index (Phi) is 5.18. The second-order valence-corrected chi connectivity index (χ2v) is 7.53. The van der Waals surface area contributed by atoms with Crippen LogP contribution in [-0.2, 0) is 12.8 Å². The summed E-state index contributed by atoms with van der Waals surface area (Å²) in [5, 5.41) is 14.3. The van der Waals surface area contributed by atoms with Crippen LogP contribution in [0, 0.1) is 5.92 Å². The number of aryl methyl sites for hydroxylation is 1. The van der Waals surface area contributed by atoms with Crippen LogP contribution in [0.25, 0.3) is 10.9 Å². The lowest BCUT2D eigenvalue weighted by Crippen LogP contribution is -2.37. The zero-order chi connectivity index (χ0) is 17.1. The standard InChI is InChI=1S/C21H29N3O/c25-15-16-9-12-24(13-10-16)14-11-22-21-17-5-1-3-7-19(17)23-20-8-4-2-6-18(20)21/h1,3,5,7,16,25H,2,4,6,8-15H2,(H,22,23). The van der Waals surface area contributed by atoms with Crippen molar-refractivity contribution in [2.45, 2.75) is 38.5 Å². The monoisotopic (exact) mass is 339 g/mol. The summed E-state index contributed by atoms with van der Waals surface area (Å²) in [7, 11) is 0. The van der Waals surface area contributed by atoms with Crippen molar-refractivity contribution in [3.8, 4) is 0 Å². The average Bonchev–Trinajstić information content (AvgIpc) is 2.68. The molecule has 1 aromatic heterocycles. The first-order valence-corrected chi connectivity index (χ1v) is 9.82. The van der Waals surface area contributed by atoms with Crippen molar-refractivity contribution >= 4 is 16.6 Å². The highest BCUT2D eigenvalue weighted by Gasteiger charge is 2.20. The Bertz CT molecular complexity index is 722. The van der Waals surface area contributed by atoms with Gasteiger partial charge in [0.15, 0.2) is 0 Å². The molecule has 0 saturated carbocycles. The number of piperidine rings is 1. The van der Waals surface area contributed by atoms with Gasteiger partial charge in [-0.15, -0.1) is 0 Å². The van der Waals surface area contributed by atoms with Gasteiger partial charge in [-0.2, -0.15) is 0 Å². The maximum Gasteiger partial charge on any atom is 0.0726 e. The summed E-state index contributed by atoms with van der Waals surface area (Å²) >= 11 is 0. The molecule has 4 nitrogen and oxygen atoms in total. The number of nitrogens with one attached hydrogen (secondary N) is 1. The first-order valence-electron chi connectivity index (χ1n) is 9.82. The van der Waals surface area contributed by atoms with E-state index in [1.165, 1.54) is 35.2 Å². The van der Waals surface area contributed by atoms with Crippen molar-refractivity contribution in [3.63, 3.8) is 0 Å². The van der Waals surface area contributed by atoms with Gasteiger partial charge in [0.2, 0.25) is 0 Å². The minimum atomic E-state index is 0.348. The van der Waals surface area contributed by atoms with Crippen LogP contribution in [-0.4, -0.2) is 47.8 Å². The summed E-state index contributed by atoms with van der Waals surface area (Å²) in [6.45, 7) is 4.62. The quantitative estimate of drug-likeness (QED) is 0.878. The number of aliphatic hydroxyl groups is 1. The van der Waals surface area contributed by atoms with Gasteiger partial charge in [-0.1, -0.05) is 18.2 Å². The normalized spacial score (nSPS) is 19.1. The van der Waals surface area contributed by atoms with Gasteiger partial charge in [-0.25, -0.2) is 0 Å². The molecule has 1 aromatic carbocycles. The summed E-state index contributed by atoms with van der Waals surface area (Å²) in [5.41, 5.74) is 5.19. The third kappa shape index (κ3) is 3.65. The molecule has 1 aliphatic heterocycles. The highest BCUT2D eigenvalue weighted by atomic mass is 16.3. The van der Waals surface area contributed by atoms with Crippen LogP contribution in [0.1, 0.15) is 36.9 Å². The van der Waals surface area contributed by atoms with E-state index in [0.717, 1.165) is 57.4 Å². The van der Waals surface area contributed by atoms with Crippen LogP contribution >= 0.6 is 0 Å². The molecule has 0 spiro atoms. The number of rotatable bonds is 5. The smallest absolute Gasteiger partial charge is 0.0726 e. The SMILES string of the molecule is OCC1CCN(CCNc2c3c(nc4ccccc24)CCCC3)CC1. The Morgan fingerprint density at radius 2 is 1.92 bits per heavy atom. The van der Waals surface area contributed by atoms with E-state index in [9.17, 15) is 5.11 Å². The second kappa shape index (κ2) is 7.71. The lowest BCUT2D eigenvalue weighted by Gasteiger charge is -2.31. The maximum absolute atomic E-state index is 9.28. The molecule has 0 radical (unpaired) electrons. The number of pyridine rings is 1. The van der Waals surface area contributed by atoms with Crippen molar-refractivity contribution in [1.29, 1.82) is 0 Å². The summed E-state index contributed by atoms with van der Waals surface area (Å²) in [6, 6.07) is 8.53. The van der Waals surface area contributed by atoms with Crippen LogP contribution in [0.2, 0.25) is 0 Å². The van der Waals surface area contributed by atoms with Gasteiger partial charge in [-0.05, 0) is 69.2 Å². The lowest BCUT2D eigenvalue weighted by atomic mass is 9.92. The number of hydrogen-bond acceptors (Lipinski definition) is 4. The molecule has 0 bridgehead atoms. The topological polar surface area (TPSA) is 48.4 Å². The van der Waals surface area contributed by atoms with Gasteiger partial charge >= 0.3 is 0 Å². The molecule has 0 atom stereocenters. The molecule has 2 heterocycles. The number of aromatic nitrogens is 1. The fourth-order valence-corrected chi connectivity index (χ4v) is 4.31. The molecular formula is C21H29N3O. The highest BCUT2D eigenvalue weighted by Crippen LogP contribution is 2.33. The fraction of sp³-hybridized carbons (Fsp3) is 0.571. The van der Waals surface area contributed by atoms with Crippen molar-refractivity contribution in [3.05, 3.63) is 35.5 Å². The molecule has 1 saturated heterocycles. The fourth-order valence-electron chi connectivity index (χ4n) is 4.31. The Balaban J connectivity index is 1.47. The van der Waals surface area contributed by atoms with E-state index < -0.39 is 0 Å². The number of likely N-dealkylation sites (tertiary alicyclic amines) is 1. The summed E-state index contributed by atoms with van der Waals surface area (Å²) in [6.07, 6.45) is 7.06. The summed E-state index contributed by atoms with van der Waals surface area (Å²) in [5.74, 6) is 0.514. The summed E-state index contributed by atoms with van der Waals surface area (Å²) in [4.78, 5) is 7.44. The summed E-state index contributed by atoms with van der Waals surface area (Å²) < 4.78 is 0. The van der Waals surface area contributed by atoms with Crippen LogP contribution in [0.4, 0.5) is 5.69 Å². The van der Waals surface area contributed by atoms with E-state index in [1.54, 1.807) is 0 Å². The zero-order valence-corrected chi connectivity index (χ0v) is 15.0. The third-order valence-electron chi connectivity index (χ3n) is 5.86.